The van der Waals surface area contributed by atoms with Crippen molar-refractivity contribution in [2.75, 3.05) is 20.2 Å². The lowest BCUT2D eigenvalue weighted by Crippen LogP contribution is -2.41. The second-order valence-corrected chi connectivity index (χ2v) is 6.60. The molecule has 0 spiro atoms. The predicted molar refractivity (Wildman–Crippen MR) is 89.9 cm³/mol. The first-order chi connectivity index (χ1) is 11.1. The minimum atomic E-state index is 0.0940. The highest BCUT2D eigenvalue weighted by molar-refractivity contribution is 5.88. The fraction of sp³-hybridized carbons (Fsp3) is 0.500. The summed E-state index contributed by atoms with van der Waals surface area (Å²) in [6.07, 6.45) is 1.92. The molecule has 3 heterocycles. The van der Waals surface area contributed by atoms with Gasteiger partial charge >= 0.3 is 6.03 Å². The Balaban J connectivity index is 1.77. The van der Waals surface area contributed by atoms with Crippen molar-refractivity contribution in [3.8, 4) is 5.75 Å². The van der Waals surface area contributed by atoms with Gasteiger partial charge in [-0.1, -0.05) is 6.92 Å². The van der Waals surface area contributed by atoms with Gasteiger partial charge in [0.1, 0.15) is 5.75 Å². The van der Waals surface area contributed by atoms with E-state index in [0.29, 0.717) is 0 Å². The van der Waals surface area contributed by atoms with E-state index in [4.69, 9.17) is 4.74 Å². The summed E-state index contributed by atoms with van der Waals surface area (Å²) in [5.41, 5.74) is 3.65. The summed E-state index contributed by atoms with van der Waals surface area (Å²) in [4.78, 5) is 20.3. The van der Waals surface area contributed by atoms with Crippen LogP contribution < -0.4 is 4.74 Å². The Morgan fingerprint density at radius 3 is 2.96 bits per heavy atom. The number of hydrogen-bond acceptors (Lipinski definition) is 2. The van der Waals surface area contributed by atoms with E-state index >= 15 is 0 Å². The van der Waals surface area contributed by atoms with Gasteiger partial charge in [-0.15, -0.1) is 0 Å². The topological polar surface area (TPSA) is 48.6 Å². The molecule has 0 bridgehead atoms. The molecule has 2 amide bonds. The van der Waals surface area contributed by atoms with Gasteiger partial charge in [0.15, 0.2) is 0 Å². The monoisotopic (exact) mass is 313 g/mol. The van der Waals surface area contributed by atoms with Crippen LogP contribution in [0.5, 0.6) is 5.75 Å². The Kier molecular flexibility index (Phi) is 3.25. The van der Waals surface area contributed by atoms with E-state index in [1.807, 2.05) is 11.0 Å². The Labute approximate surface area is 136 Å². The lowest BCUT2D eigenvalue weighted by Gasteiger charge is -2.34. The molecular weight excluding hydrogens is 290 g/mol. The average Bonchev–Trinajstić information content (AvgIpc) is 3.07. The van der Waals surface area contributed by atoms with Crippen LogP contribution in [0.4, 0.5) is 4.79 Å². The molecule has 2 atom stereocenters. The second kappa shape index (κ2) is 5.18. The first-order valence-corrected chi connectivity index (χ1v) is 8.39. The molecule has 5 heteroatoms. The maximum Gasteiger partial charge on any atom is 0.320 e. The van der Waals surface area contributed by atoms with Gasteiger partial charge in [0.2, 0.25) is 0 Å². The fourth-order valence-corrected chi connectivity index (χ4v) is 4.17. The normalized spacial score (nSPS) is 23.3. The van der Waals surface area contributed by atoms with Crippen LogP contribution in [0, 0.1) is 0 Å². The highest BCUT2D eigenvalue weighted by Gasteiger charge is 2.44. The minimum Gasteiger partial charge on any atom is -0.497 e. The van der Waals surface area contributed by atoms with Crippen LogP contribution in [0.2, 0.25) is 0 Å². The quantitative estimate of drug-likeness (QED) is 0.945. The van der Waals surface area contributed by atoms with Gasteiger partial charge in [0, 0.05) is 29.7 Å². The first kappa shape index (κ1) is 14.4. The number of ether oxygens (including phenoxy) is 1. The number of urea groups is 1. The molecule has 4 rings (SSSR count). The number of amides is 2. The van der Waals surface area contributed by atoms with Crippen LogP contribution in [0.1, 0.15) is 37.6 Å². The van der Waals surface area contributed by atoms with Crippen LogP contribution in [0.15, 0.2) is 18.2 Å². The number of methoxy groups -OCH3 is 1. The Morgan fingerprint density at radius 2 is 2.22 bits per heavy atom. The molecule has 1 saturated heterocycles. The van der Waals surface area contributed by atoms with Gasteiger partial charge in [-0.3, -0.25) is 0 Å². The summed E-state index contributed by atoms with van der Waals surface area (Å²) in [7, 11) is 1.70. The zero-order chi connectivity index (χ0) is 16.1. The number of fused-ring (bicyclic) bond motifs is 4. The maximum absolute atomic E-state index is 12.7. The molecule has 2 unspecified atom stereocenters. The molecule has 23 heavy (non-hydrogen) atoms. The highest BCUT2D eigenvalue weighted by atomic mass is 16.5. The standard InChI is InChI=1S/C18H23N3O2/c1-4-7-20-10-12-8-15-14-9-13(23-3)5-6-16(14)19-17(15)11(2)21(12)18(20)22/h5-6,9,11-12,19H,4,7-8,10H2,1-3H3. The zero-order valence-corrected chi connectivity index (χ0v) is 13.9. The number of hydrogen-bond donors (Lipinski definition) is 1. The van der Waals surface area contributed by atoms with Crippen molar-refractivity contribution in [1.82, 2.24) is 14.8 Å². The number of nitrogens with one attached hydrogen (secondary N) is 1. The van der Waals surface area contributed by atoms with Gasteiger partial charge in [0.05, 0.1) is 19.2 Å². The molecule has 2 aromatic rings. The van der Waals surface area contributed by atoms with Crippen LogP contribution >= 0.6 is 0 Å². The van der Waals surface area contributed by atoms with Crippen molar-refractivity contribution >= 4 is 16.9 Å². The third kappa shape index (κ3) is 2.02. The van der Waals surface area contributed by atoms with E-state index in [1.165, 1.54) is 16.6 Å². The molecule has 1 N–H and O–H groups in total. The number of carbonyl (C=O) groups excluding carboxylic acids is 1. The molecule has 1 aromatic heterocycles. The molecule has 5 nitrogen and oxygen atoms in total. The van der Waals surface area contributed by atoms with Gasteiger partial charge in [-0.2, -0.15) is 0 Å². The number of aromatic amines is 1. The average molecular weight is 313 g/mol. The fourth-order valence-electron chi connectivity index (χ4n) is 4.17. The largest absolute Gasteiger partial charge is 0.497 e. The van der Waals surface area contributed by atoms with E-state index in [-0.39, 0.29) is 18.1 Å². The van der Waals surface area contributed by atoms with Crippen molar-refractivity contribution in [3.05, 3.63) is 29.5 Å². The van der Waals surface area contributed by atoms with Crippen molar-refractivity contribution in [2.45, 2.75) is 38.8 Å². The number of rotatable bonds is 3. The lowest BCUT2D eigenvalue weighted by atomic mass is 9.93. The van der Waals surface area contributed by atoms with E-state index in [1.54, 1.807) is 7.11 Å². The lowest BCUT2D eigenvalue weighted by molar-refractivity contribution is 0.162. The molecule has 0 aliphatic carbocycles. The molecule has 1 aromatic carbocycles. The van der Waals surface area contributed by atoms with Crippen molar-refractivity contribution in [3.63, 3.8) is 0 Å². The van der Waals surface area contributed by atoms with Gasteiger partial charge in [-0.25, -0.2) is 4.79 Å². The Morgan fingerprint density at radius 1 is 1.39 bits per heavy atom. The molecule has 2 aliphatic heterocycles. The van der Waals surface area contributed by atoms with E-state index in [2.05, 4.69) is 35.9 Å². The summed E-state index contributed by atoms with van der Waals surface area (Å²) in [6.45, 7) is 5.94. The number of carbonyl (C=O) groups is 1. The summed E-state index contributed by atoms with van der Waals surface area (Å²) < 4.78 is 5.38. The van der Waals surface area contributed by atoms with Crippen molar-refractivity contribution in [2.24, 2.45) is 0 Å². The predicted octanol–water partition coefficient (Wildman–Crippen LogP) is 3.31. The maximum atomic E-state index is 12.7. The summed E-state index contributed by atoms with van der Waals surface area (Å²) in [6, 6.07) is 6.71. The molecule has 0 saturated carbocycles. The summed E-state index contributed by atoms with van der Waals surface area (Å²) in [5, 5.41) is 1.23. The first-order valence-electron chi connectivity index (χ1n) is 8.39. The third-order valence-corrected chi connectivity index (χ3v) is 5.23. The zero-order valence-electron chi connectivity index (χ0n) is 13.9. The Bertz CT molecular complexity index is 767. The molecule has 2 aliphatic rings. The number of aromatic nitrogens is 1. The summed E-state index contributed by atoms with van der Waals surface area (Å²) >= 11 is 0. The summed E-state index contributed by atoms with van der Waals surface area (Å²) in [5.74, 6) is 0.879. The second-order valence-electron chi connectivity index (χ2n) is 6.60. The molecular formula is C18H23N3O2. The number of benzene rings is 1. The van der Waals surface area contributed by atoms with E-state index in [9.17, 15) is 4.79 Å². The smallest absolute Gasteiger partial charge is 0.320 e. The van der Waals surface area contributed by atoms with Crippen LogP contribution in [0.25, 0.3) is 10.9 Å². The van der Waals surface area contributed by atoms with Crippen molar-refractivity contribution < 1.29 is 9.53 Å². The van der Waals surface area contributed by atoms with Gasteiger partial charge in [-0.05, 0) is 43.5 Å². The van der Waals surface area contributed by atoms with Crippen LogP contribution in [-0.4, -0.2) is 47.1 Å². The van der Waals surface area contributed by atoms with Crippen LogP contribution in [-0.2, 0) is 6.42 Å². The SMILES string of the molecule is CCCN1CC2Cc3c([nH]c4ccc(OC)cc34)C(C)N2C1=O. The van der Waals surface area contributed by atoms with Crippen molar-refractivity contribution in [1.29, 1.82) is 0 Å². The number of nitrogens with zero attached hydrogens (tertiary/aromatic N) is 2. The third-order valence-electron chi connectivity index (χ3n) is 5.23. The number of H-pyrrole nitrogens is 1. The molecule has 1 fully saturated rings. The molecule has 0 radical (unpaired) electrons. The van der Waals surface area contributed by atoms with E-state index in [0.717, 1.165) is 37.2 Å². The van der Waals surface area contributed by atoms with Gasteiger partial charge < -0.3 is 19.5 Å². The Hall–Kier alpha value is -2.17. The van der Waals surface area contributed by atoms with E-state index < -0.39 is 0 Å². The van der Waals surface area contributed by atoms with Gasteiger partial charge in [0.25, 0.3) is 0 Å². The van der Waals surface area contributed by atoms with Crippen LogP contribution in [0.3, 0.4) is 0 Å². The highest BCUT2D eigenvalue weighted by Crippen LogP contribution is 2.40. The molecule has 122 valence electrons. The minimum absolute atomic E-state index is 0.0940.